The average molecular weight is 541 g/mol. The number of carbonyl (C=O) groups is 3. The summed E-state index contributed by atoms with van der Waals surface area (Å²) in [7, 11) is 0. The summed E-state index contributed by atoms with van der Waals surface area (Å²) in [6.07, 6.45) is 1.65. The molecule has 1 aliphatic heterocycles. The highest BCUT2D eigenvalue weighted by molar-refractivity contribution is 8.18. The zero-order valence-electron chi connectivity index (χ0n) is 19.5. The molecule has 4 rings (SSSR count). The minimum Gasteiger partial charge on any atom is -0.484 e. The van der Waals surface area contributed by atoms with Crippen LogP contribution < -0.4 is 10.1 Å². The third kappa shape index (κ3) is 6.29. The monoisotopic (exact) mass is 540 g/mol. The minimum absolute atomic E-state index is 0.107. The maximum Gasteiger partial charge on any atom is 0.293 e. The lowest BCUT2D eigenvalue weighted by atomic mass is 10.1. The minimum atomic E-state index is -0.376. The lowest BCUT2D eigenvalue weighted by molar-refractivity contribution is -0.123. The molecule has 0 bridgehead atoms. The van der Waals surface area contributed by atoms with Crippen LogP contribution in [0.25, 0.3) is 6.08 Å². The Balaban J connectivity index is 1.34. The quantitative estimate of drug-likeness (QED) is 0.331. The number of imide groups is 1. The number of benzene rings is 3. The zero-order chi connectivity index (χ0) is 25.8. The molecule has 0 spiro atoms. The third-order valence-corrected chi connectivity index (χ3v) is 7.18. The second-order valence-corrected chi connectivity index (χ2v) is 10.0. The summed E-state index contributed by atoms with van der Waals surface area (Å²) in [5.41, 5.74) is 4.39. The van der Waals surface area contributed by atoms with Crippen molar-refractivity contribution in [2.75, 3.05) is 11.9 Å². The summed E-state index contributed by atoms with van der Waals surface area (Å²) in [4.78, 5) is 38.9. The van der Waals surface area contributed by atoms with Gasteiger partial charge in [0, 0.05) is 5.69 Å². The van der Waals surface area contributed by atoms with Crippen molar-refractivity contribution in [2.45, 2.75) is 20.4 Å². The van der Waals surface area contributed by atoms with Gasteiger partial charge >= 0.3 is 0 Å². The van der Waals surface area contributed by atoms with Crippen molar-refractivity contribution in [3.8, 4) is 5.75 Å². The Morgan fingerprint density at radius 3 is 2.42 bits per heavy atom. The molecule has 1 aliphatic rings. The molecule has 184 valence electrons. The molecule has 0 saturated carbocycles. The number of aryl methyl sites for hydroxylation is 2. The summed E-state index contributed by atoms with van der Waals surface area (Å²) < 4.78 is 5.57. The van der Waals surface area contributed by atoms with Gasteiger partial charge in [-0.1, -0.05) is 47.5 Å². The first kappa shape index (κ1) is 25.8. The molecule has 0 aliphatic carbocycles. The van der Waals surface area contributed by atoms with Crippen molar-refractivity contribution in [3.05, 3.63) is 97.9 Å². The van der Waals surface area contributed by atoms with Gasteiger partial charge in [-0.05, 0) is 90.3 Å². The van der Waals surface area contributed by atoms with Crippen LogP contribution >= 0.6 is 35.0 Å². The number of halogens is 2. The summed E-state index contributed by atoms with van der Waals surface area (Å²) in [5.74, 6) is -0.132. The van der Waals surface area contributed by atoms with Crippen LogP contribution in [0.15, 0.2) is 65.6 Å². The fourth-order valence-corrected chi connectivity index (χ4v) is 4.59. The number of amides is 3. The third-order valence-electron chi connectivity index (χ3n) is 5.54. The van der Waals surface area contributed by atoms with E-state index in [0.29, 0.717) is 26.3 Å². The second-order valence-electron chi connectivity index (χ2n) is 8.22. The molecule has 0 unspecified atom stereocenters. The first-order chi connectivity index (χ1) is 17.2. The highest BCUT2D eigenvalue weighted by atomic mass is 35.5. The van der Waals surface area contributed by atoms with Crippen LogP contribution in [-0.2, 0) is 16.1 Å². The molecule has 0 radical (unpaired) electrons. The molecule has 1 fully saturated rings. The van der Waals surface area contributed by atoms with E-state index in [-0.39, 0.29) is 30.2 Å². The average Bonchev–Trinajstić information content (AvgIpc) is 3.10. The van der Waals surface area contributed by atoms with Gasteiger partial charge in [0.25, 0.3) is 17.1 Å². The molecule has 9 heteroatoms. The number of hydrogen-bond acceptors (Lipinski definition) is 5. The van der Waals surface area contributed by atoms with E-state index < -0.39 is 0 Å². The summed E-state index contributed by atoms with van der Waals surface area (Å²) >= 11 is 12.9. The Morgan fingerprint density at radius 2 is 1.72 bits per heavy atom. The number of carbonyl (C=O) groups excluding carboxylic acids is 3. The fourth-order valence-electron chi connectivity index (χ4n) is 3.43. The first-order valence-electron chi connectivity index (χ1n) is 11.0. The molecular weight excluding hydrogens is 519 g/mol. The first-order valence-corrected chi connectivity index (χ1v) is 12.6. The fraction of sp³-hybridized carbons (Fsp3) is 0.148. The van der Waals surface area contributed by atoms with E-state index in [2.05, 4.69) is 5.32 Å². The molecule has 0 aromatic heterocycles. The topological polar surface area (TPSA) is 75.7 Å². The van der Waals surface area contributed by atoms with E-state index >= 15 is 0 Å². The van der Waals surface area contributed by atoms with E-state index in [0.717, 1.165) is 34.1 Å². The lowest BCUT2D eigenvalue weighted by Gasteiger charge is -2.13. The van der Waals surface area contributed by atoms with Gasteiger partial charge in [0.05, 0.1) is 21.5 Å². The molecule has 6 nitrogen and oxygen atoms in total. The Kier molecular flexibility index (Phi) is 8.04. The number of anilines is 1. The van der Waals surface area contributed by atoms with Crippen LogP contribution in [0.2, 0.25) is 10.0 Å². The Hall–Kier alpha value is -3.26. The highest BCUT2D eigenvalue weighted by Crippen LogP contribution is 2.34. The van der Waals surface area contributed by atoms with Crippen LogP contribution in [0.3, 0.4) is 0 Å². The molecule has 3 aromatic carbocycles. The van der Waals surface area contributed by atoms with Crippen molar-refractivity contribution in [3.63, 3.8) is 0 Å². The van der Waals surface area contributed by atoms with Crippen LogP contribution in [0.1, 0.15) is 22.3 Å². The second kappa shape index (κ2) is 11.2. The van der Waals surface area contributed by atoms with Crippen molar-refractivity contribution in [1.82, 2.24) is 4.90 Å². The maximum absolute atomic E-state index is 12.8. The van der Waals surface area contributed by atoms with Gasteiger partial charge in [-0.15, -0.1) is 0 Å². The predicted molar refractivity (Wildman–Crippen MR) is 144 cm³/mol. The molecule has 0 atom stereocenters. The molecule has 1 N–H and O–H groups in total. The van der Waals surface area contributed by atoms with E-state index in [1.807, 2.05) is 32.0 Å². The van der Waals surface area contributed by atoms with Gasteiger partial charge in [0.15, 0.2) is 6.61 Å². The SMILES string of the molecule is Cc1ccc(NC(=O)COc2ccc(/C=C3\SC(=O)N(Cc4ccc(Cl)c(Cl)c4)C3=O)cc2)cc1C. The summed E-state index contributed by atoms with van der Waals surface area (Å²) in [5, 5.41) is 3.23. The zero-order valence-corrected chi connectivity index (χ0v) is 21.8. The molecular formula is C27H22Cl2N2O4S. The largest absolute Gasteiger partial charge is 0.484 e. The van der Waals surface area contributed by atoms with Gasteiger partial charge in [-0.25, -0.2) is 0 Å². The van der Waals surface area contributed by atoms with E-state index in [1.54, 1.807) is 48.5 Å². The highest BCUT2D eigenvalue weighted by Gasteiger charge is 2.35. The number of ether oxygens (including phenoxy) is 1. The van der Waals surface area contributed by atoms with Gasteiger partial charge in [-0.2, -0.15) is 0 Å². The molecule has 1 saturated heterocycles. The van der Waals surface area contributed by atoms with Crippen LogP contribution in [0, 0.1) is 13.8 Å². The van der Waals surface area contributed by atoms with Crippen LogP contribution in [-0.4, -0.2) is 28.6 Å². The Labute approximate surface area is 223 Å². The van der Waals surface area contributed by atoms with Gasteiger partial charge in [0.2, 0.25) is 0 Å². The molecule has 36 heavy (non-hydrogen) atoms. The number of hydrogen-bond donors (Lipinski definition) is 1. The number of rotatable bonds is 7. The standard InChI is InChI=1S/C27H22Cl2N2O4S/c1-16-3-7-20(11-17(16)2)30-25(32)15-35-21-8-4-18(5-9-21)13-24-26(33)31(27(34)36-24)14-19-6-10-22(28)23(29)12-19/h3-13H,14-15H2,1-2H3,(H,30,32)/b24-13-. The van der Waals surface area contributed by atoms with Crippen molar-refractivity contribution in [2.24, 2.45) is 0 Å². The normalized spacial score (nSPS) is 14.4. The van der Waals surface area contributed by atoms with E-state index in [4.69, 9.17) is 27.9 Å². The summed E-state index contributed by atoms with van der Waals surface area (Å²) in [6, 6.07) is 17.6. The number of nitrogens with one attached hydrogen (secondary N) is 1. The number of nitrogens with zero attached hydrogens (tertiary/aromatic N) is 1. The van der Waals surface area contributed by atoms with Crippen molar-refractivity contribution >= 4 is 63.8 Å². The Bertz CT molecular complexity index is 1370. The molecule has 3 amide bonds. The number of thioether (sulfide) groups is 1. The van der Waals surface area contributed by atoms with Gasteiger partial charge in [-0.3, -0.25) is 19.3 Å². The van der Waals surface area contributed by atoms with Gasteiger partial charge in [0.1, 0.15) is 5.75 Å². The summed E-state index contributed by atoms with van der Waals surface area (Å²) in [6.45, 7) is 3.96. The lowest BCUT2D eigenvalue weighted by Crippen LogP contribution is -2.27. The smallest absolute Gasteiger partial charge is 0.293 e. The van der Waals surface area contributed by atoms with Crippen LogP contribution in [0.5, 0.6) is 5.75 Å². The van der Waals surface area contributed by atoms with Crippen molar-refractivity contribution < 1.29 is 19.1 Å². The Morgan fingerprint density at radius 1 is 0.972 bits per heavy atom. The van der Waals surface area contributed by atoms with E-state index in [1.165, 1.54) is 4.90 Å². The van der Waals surface area contributed by atoms with Gasteiger partial charge < -0.3 is 10.1 Å². The maximum atomic E-state index is 12.8. The predicted octanol–water partition coefficient (Wildman–Crippen LogP) is 6.86. The molecule has 1 heterocycles. The van der Waals surface area contributed by atoms with Crippen molar-refractivity contribution in [1.29, 1.82) is 0 Å². The van der Waals surface area contributed by atoms with Crippen LogP contribution in [0.4, 0.5) is 10.5 Å². The molecule has 3 aromatic rings. The van der Waals surface area contributed by atoms with E-state index in [9.17, 15) is 14.4 Å².